The van der Waals surface area contributed by atoms with E-state index < -0.39 is 17.8 Å². The van der Waals surface area contributed by atoms with E-state index >= 15 is 0 Å². The third kappa shape index (κ3) is 5.86. The molecule has 0 N–H and O–H groups in total. The van der Waals surface area contributed by atoms with Crippen LogP contribution >= 0.6 is 0 Å². The standard InChI is InChI=1S/C32H39NO7/c1-8-13-39-26-12-10-21(17-28(26)38-7)30-29(32(35)40-18(2)3)19(4)33-23-14-22(15-24(34)31(23)30)20-9-11-25(36-5)27(16-20)37-6/h9-12,16-18,22,30-31H,8,13-15H2,1-7H3/t22-,30+,31?/m1/s1. The number of benzene rings is 2. The highest BCUT2D eigenvalue weighted by Crippen LogP contribution is 2.48. The van der Waals surface area contributed by atoms with Crippen molar-refractivity contribution in [2.24, 2.45) is 10.9 Å². The molecule has 214 valence electrons. The highest BCUT2D eigenvalue weighted by molar-refractivity contribution is 6.12. The Hall–Kier alpha value is -3.81. The van der Waals surface area contributed by atoms with Crippen molar-refractivity contribution in [3.63, 3.8) is 0 Å². The van der Waals surface area contributed by atoms with Crippen molar-refractivity contribution in [3.8, 4) is 23.0 Å². The fourth-order valence-corrected chi connectivity index (χ4v) is 5.63. The summed E-state index contributed by atoms with van der Waals surface area (Å²) in [5.41, 5.74) is 3.50. The van der Waals surface area contributed by atoms with Gasteiger partial charge in [-0.25, -0.2) is 4.79 Å². The van der Waals surface area contributed by atoms with Crippen molar-refractivity contribution in [3.05, 3.63) is 58.8 Å². The van der Waals surface area contributed by atoms with E-state index in [1.165, 1.54) is 0 Å². The van der Waals surface area contributed by atoms with Gasteiger partial charge in [0.2, 0.25) is 0 Å². The van der Waals surface area contributed by atoms with Crippen LogP contribution in [0, 0.1) is 5.92 Å². The molecule has 8 heteroatoms. The Bertz CT molecular complexity index is 1330. The Morgan fingerprint density at radius 3 is 2.17 bits per heavy atom. The van der Waals surface area contributed by atoms with Crippen LogP contribution in [0.1, 0.15) is 69.9 Å². The minimum Gasteiger partial charge on any atom is -0.493 e. The van der Waals surface area contributed by atoms with Gasteiger partial charge < -0.3 is 23.7 Å². The zero-order chi connectivity index (χ0) is 29.0. The van der Waals surface area contributed by atoms with Crippen LogP contribution in [0.5, 0.6) is 23.0 Å². The molecule has 1 aliphatic carbocycles. The first-order chi connectivity index (χ1) is 19.2. The van der Waals surface area contributed by atoms with Crippen LogP contribution in [0.4, 0.5) is 0 Å². The van der Waals surface area contributed by atoms with Gasteiger partial charge in [-0.15, -0.1) is 0 Å². The molecule has 1 unspecified atom stereocenters. The molecular weight excluding hydrogens is 510 g/mol. The highest BCUT2D eigenvalue weighted by Gasteiger charge is 2.46. The largest absolute Gasteiger partial charge is 0.493 e. The molecule has 0 aromatic heterocycles. The van der Waals surface area contributed by atoms with Crippen molar-refractivity contribution < 1.29 is 33.3 Å². The number of esters is 1. The molecule has 4 rings (SSSR count). The van der Waals surface area contributed by atoms with Crippen LogP contribution in [0.25, 0.3) is 0 Å². The minimum absolute atomic E-state index is 0.0300. The predicted molar refractivity (Wildman–Crippen MR) is 153 cm³/mol. The molecule has 8 nitrogen and oxygen atoms in total. The van der Waals surface area contributed by atoms with Crippen LogP contribution in [0.2, 0.25) is 0 Å². The normalized spacial score (nSPS) is 20.6. The van der Waals surface area contributed by atoms with E-state index in [1.54, 1.807) is 21.3 Å². The van der Waals surface area contributed by atoms with Crippen molar-refractivity contribution >= 4 is 17.5 Å². The van der Waals surface area contributed by atoms with Crippen LogP contribution in [-0.4, -0.2) is 51.5 Å². The van der Waals surface area contributed by atoms with E-state index in [4.69, 9.17) is 28.7 Å². The fraction of sp³-hybridized carbons (Fsp3) is 0.469. The quantitative estimate of drug-likeness (QED) is 0.334. The Kier molecular flexibility index (Phi) is 9.17. The summed E-state index contributed by atoms with van der Waals surface area (Å²) in [6, 6.07) is 11.4. The summed E-state index contributed by atoms with van der Waals surface area (Å²) in [4.78, 5) is 32.2. The van der Waals surface area contributed by atoms with Gasteiger partial charge >= 0.3 is 5.97 Å². The minimum atomic E-state index is -0.582. The van der Waals surface area contributed by atoms with Gasteiger partial charge in [-0.05, 0) is 74.9 Å². The van der Waals surface area contributed by atoms with Crippen LogP contribution in [-0.2, 0) is 14.3 Å². The zero-order valence-electron chi connectivity index (χ0n) is 24.4. The number of rotatable bonds is 10. The van der Waals surface area contributed by atoms with Crippen molar-refractivity contribution in [1.82, 2.24) is 0 Å². The van der Waals surface area contributed by atoms with Gasteiger partial charge in [-0.3, -0.25) is 9.79 Å². The fourth-order valence-electron chi connectivity index (χ4n) is 5.63. The second kappa shape index (κ2) is 12.6. The SMILES string of the molecule is CCCOc1ccc([C@H]2C(C(=O)OC(C)C)=C(C)N=C3C[C@@H](c4ccc(OC)c(OC)c4)CC(=O)C32)cc1OC. The molecule has 1 saturated carbocycles. The smallest absolute Gasteiger partial charge is 0.336 e. The molecule has 0 amide bonds. The summed E-state index contributed by atoms with van der Waals surface area (Å²) in [5.74, 6) is 0.791. The molecule has 0 bridgehead atoms. The number of fused-ring (bicyclic) bond motifs is 1. The van der Waals surface area contributed by atoms with Crippen LogP contribution < -0.4 is 18.9 Å². The lowest BCUT2D eigenvalue weighted by Crippen LogP contribution is -2.41. The number of hydrogen-bond acceptors (Lipinski definition) is 8. The second-order valence-corrected chi connectivity index (χ2v) is 10.5. The van der Waals surface area contributed by atoms with Gasteiger partial charge in [0.1, 0.15) is 5.78 Å². The van der Waals surface area contributed by atoms with Gasteiger partial charge in [0.25, 0.3) is 0 Å². The van der Waals surface area contributed by atoms with E-state index in [-0.39, 0.29) is 17.8 Å². The van der Waals surface area contributed by atoms with Crippen LogP contribution in [0.3, 0.4) is 0 Å². The van der Waals surface area contributed by atoms with E-state index in [0.29, 0.717) is 53.7 Å². The molecule has 2 aromatic rings. The number of carbonyl (C=O) groups excluding carboxylic acids is 2. The van der Waals surface area contributed by atoms with E-state index in [2.05, 4.69) is 0 Å². The maximum Gasteiger partial charge on any atom is 0.336 e. The molecule has 0 radical (unpaired) electrons. The Morgan fingerprint density at radius 1 is 0.900 bits per heavy atom. The first kappa shape index (κ1) is 29.2. The number of nitrogens with zero attached hydrogens (tertiary/aromatic N) is 1. The summed E-state index contributed by atoms with van der Waals surface area (Å²) in [6.07, 6.45) is 1.45. The molecule has 3 atom stereocenters. The maximum atomic E-state index is 14.0. The molecule has 2 aromatic carbocycles. The summed E-state index contributed by atoms with van der Waals surface area (Å²) in [5, 5.41) is 0. The topological polar surface area (TPSA) is 92.7 Å². The predicted octanol–water partition coefficient (Wildman–Crippen LogP) is 6.03. The van der Waals surface area contributed by atoms with Gasteiger partial charge in [0, 0.05) is 23.7 Å². The summed E-state index contributed by atoms with van der Waals surface area (Å²) in [7, 11) is 4.77. The molecule has 2 aliphatic rings. The highest BCUT2D eigenvalue weighted by atomic mass is 16.5. The van der Waals surface area contributed by atoms with E-state index in [0.717, 1.165) is 23.3 Å². The number of ketones is 1. The molecule has 0 spiro atoms. The third-order valence-electron chi connectivity index (χ3n) is 7.40. The Balaban J connectivity index is 1.78. The second-order valence-electron chi connectivity index (χ2n) is 10.5. The van der Waals surface area contributed by atoms with Crippen LogP contribution in [0.15, 0.2) is 52.7 Å². The average Bonchev–Trinajstić information content (AvgIpc) is 2.94. The molecule has 40 heavy (non-hydrogen) atoms. The monoisotopic (exact) mass is 549 g/mol. The summed E-state index contributed by atoms with van der Waals surface area (Å²) >= 11 is 0. The number of allylic oxidation sites excluding steroid dienone is 1. The molecule has 1 aliphatic heterocycles. The number of carbonyl (C=O) groups is 2. The number of aliphatic imine (C=N–C) groups is 1. The van der Waals surface area contributed by atoms with Crippen molar-refractivity contribution in [2.75, 3.05) is 27.9 Å². The third-order valence-corrected chi connectivity index (χ3v) is 7.40. The average molecular weight is 550 g/mol. The summed E-state index contributed by atoms with van der Waals surface area (Å²) < 4.78 is 28.0. The number of methoxy groups -OCH3 is 3. The Morgan fingerprint density at radius 2 is 1.52 bits per heavy atom. The maximum absolute atomic E-state index is 14.0. The van der Waals surface area contributed by atoms with Gasteiger partial charge in [0.15, 0.2) is 23.0 Å². The van der Waals surface area contributed by atoms with Gasteiger partial charge in [-0.2, -0.15) is 0 Å². The first-order valence-corrected chi connectivity index (χ1v) is 13.8. The molecule has 0 saturated heterocycles. The van der Waals surface area contributed by atoms with E-state index in [9.17, 15) is 9.59 Å². The zero-order valence-corrected chi connectivity index (χ0v) is 24.4. The lowest BCUT2D eigenvalue weighted by atomic mass is 9.66. The lowest BCUT2D eigenvalue weighted by molar-refractivity contribution is -0.143. The number of ether oxygens (including phenoxy) is 5. The first-order valence-electron chi connectivity index (χ1n) is 13.8. The van der Waals surface area contributed by atoms with Gasteiger partial charge in [-0.1, -0.05) is 19.1 Å². The number of hydrogen-bond donors (Lipinski definition) is 0. The molecule has 1 heterocycles. The Labute approximate surface area is 236 Å². The lowest BCUT2D eigenvalue weighted by Gasteiger charge is -2.38. The van der Waals surface area contributed by atoms with Crippen molar-refractivity contribution in [2.45, 2.75) is 64.9 Å². The van der Waals surface area contributed by atoms with E-state index in [1.807, 2.05) is 64.1 Å². The molecular formula is C32H39NO7. The van der Waals surface area contributed by atoms with Crippen molar-refractivity contribution in [1.29, 1.82) is 0 Å². The molecule has 1 fully saturated rings. The summed E-state index contributed by atoms with van der Waals surface area (Å²) in [6.45, 7) is 8.02. The van der Waals surface area contributed by atoms with Gasteiger partial charge in [0.05, 0.1) is 45.5 Å². The number of Topliss-reactive ketones (excluding diaryl/α,β-unsaturated/α-hetero) is 1.